The summed E-state index contributed by atoms with van der Waals surface area (Å²) in [4.78, 5) is 4.04. The molecule has 10 heteroatoms. The van der Waals surface area contributed by atoms with Gasteiger partial charge in [0.05, 0.1) is 31.2 Å². The molecule has 0 unspecified atom stereocenters. The van der Waals surface area contributed by atoms with Gasteiger partial charge in [0.1, 0.15) is 17.3 Å². The summed E-state index contributed by atoms with van der Waals surface area (Å²) in [5.41, 5.74) is 1.56. The molecule has 0 fully saturated rings. The predicted octanol–water partition coefficient (Wildman–Crippen LogP) is 4.84. The van der Waals surface area contributed by atoms with E-state index in [2.05, 4.69) is 15.2 Å². The molecule has 0 aliphatic carbocycles. The lowest BCUT2D eigenvalue weighted by atomic mass is 10.2. The van der Waals surface area contributed by atoms with E-state index < -0.39 is 6.55 Å². The van der Waals surface area contributed by atoms with Gasteiger partial charge < -0.3 is 9.47 Å². The van der Waals surface area contributed by atoms with Gasteiger partial charge in [-0.2, -0.15) is 8.78 Å². The lowest BCUT2D eigenvalue weighted by Crippen LogP contribution is -2.04. The molecule has 2 aromatic carbocycles. The van der Waals surface area contributed by atoms with Gasteiger partial charge in [-0.1, -0.05) is 23.9 Å². The van der Waals surface area contributed by atoms with Crippen LogP contribution >= 0.6 is 11.8 Å². The summed E-state index contributed by atoms with van der Waals surface area (Å²) in [5, 5.41) is 9.24. The molecule has 0 amide bonds. The van der Waals surface area contributed by atoms with Crippen LogP contribution in [-0.2, 0) is 5.75 Å². The second kappa shape index (κ2) is 9.17. The number of nitrogens with zero attached hydrogens (tertiary/aromatic N) is 5. The molecule has 0 radical (unpaired) electrons. The monoisotopic (exact) mass is 443 g/mol. The van der Waals surface area contributed by atoms with E-state index in [1.54, 1.807) is 14.2 Å². The quantitative estimate of drug-likeness (QED) is 0.363. The first-order valence-corrected chi connectivity index (χ1v) is 10.3. The van der Waals surface area contributed by atoms with Crippen LogP contribution < -0.4 is 9.47 Å². The highest BCUT2D eigenvalue weighted by Gasteiger charge is 2.20. The summed E-state index contributed by atoms with van der Waals surface area (Å²) in [7, 11) is 3.19. The van der Waals surface area contributed by atoms with E-state index in [1.165, 1.54) is 24.2 Å². The summed E-state index contributed by atoms with van der Waals surface area (Å²) >= 11 is 1.27. The van der Waals surface area contributed by atoms with Crippen molar-refractivity contribution < 1.29 is 18.3 Å². The second-order valence-electron chi connectivity index (χ2n) is 6.36. The number of aromatic nitrogens is 5. The average Bonchev–Trinajstić information content (AvgIpc) is 3.44. The molecule has 0 spiro atoms. The van der Waals surface area contributed by atoms with Crippen LogP contribution in [0.1, 0.15) is 12.4 Å². The van der Waals surface area contributed by atoms with Crippen molar-refractivity contribution in [1.82, 2.24) is 24.3 Å². The maximum absolute atomic E-state index is 13.2. The fourth-order valence-electron chi connectivity index (χ4n) is 3.09. The fraction of sp³-hybridized carbons (Fsp3) is 0.190. The fourth-order valence-corrected chi connectivity index (χ4v) is 4.00. The van der Waals surface area contributed by atoms with Crippen molar-refractivity contribution in [2.24, 2.45) is 0 Å². The first-order valence-electron chi connectivity index (χ1n) is 9.28. The summed E-state index contributed by atoms with van der Waals surface area (Å²) in [6, 6.07) is 14.9. The maximum Gasteiger partial charge on any atom is 0.319 e. The molecule has 160 valence electrons. The molecule has 4 rings (SSSR count). The molecule has 0 aliphatic rings. The number of thioether (sulfide) groups is 1. The minimum atomic E-state index is -2.65. The molecular weight excluding hydrogens is 424 g/mol. The van der Waals surface area contributed by atoms with E-state index in [9.17, 15) is 8.78 Å². The minimum Gasteiger partial charge on any atom is -0.497 e. The number of para-hydroxylation sites is 1. The summed E-state index contributed by atoms with van der Waals surface area (Å²) < 4.78 is 39.8. The third kappa shape index (κ3) is 4.24. The third-order valence-electron chi connectivity index (χ3n) is 4.60. The van der Waals surface area contributed by atoms with Crippen LogP contribution in [0.2, 0.25) is 0 Å². The second-order valence-corrected chi connectivity index (χ2v) is 7.30. The number of hydrogen-bond donors (Lipinski definition) is 0. The Morgan fingerprint density at radius 2 is 1.77 bits per heavy atom. The van der Waals surface area contributed by atoms with Crippen molar-refractivity contribution in [3.8, 4) is 28.6 Å². The largest absolute Gasteiger partial charge is 0.497 e. The van der Waals surface area contributed by atoms with Crippen LogP contribution in [-0.4, -0.2) is 38.5 Å². The number of methoxy groups -OCH3 is 2. The van der Waals surface area contributed by atoms with Crippen LogP contribution in [0.3, 0.4) is 0 Å². The van der Waals surface area contributed by atoms with Crippen molar-refractivity contribution in [3.63, 3.8) is 0 Å². The highest BCUT2D eigenvalue weighted by atomic mass is 32.2. The van der Waals surface area contributed by atoms with Crippen molar-refractivity contribution in [1.29, 1.82) is 0 Å². The zero-order valence-electron chi connectivity index (χ0n) is 16.8. The Balaban J connectivity index is 1.76. The molecule has 4 aromatic rings. The Kier molecular flexibility index (Phi) is 6.17. The molecule has 0 saturated heterocycles. The topological polar surface area (TPSA) is 67.0 Å². The van der Waals surface area contributed by atoms with Crippen LogP contribution in [0, 0.1) is 0 Å². The normalized spacial score (nSPS) is 11.1. The molecule has 31 heavy (non-hydrogen) atoms. The molecule has 0 atom stereocenters. The van der Waals surface area contributed by atoms with Gasteiger partial charge in [-0.15, -0.1) is 10.2 Å². The Morgan fingerprint density at radius 1 is 1.00 bits per heavy atom. The summed E-state index contributed by atoms with van der Waals surface area (Å²) in [6.45, 7) is -2.65. The molecule has 0 N–H and O–H groups in total. The molecule has 0 saturated carbocycles. The lowest BCUT2D eigenvalue weighted by Gasteiger charge is -2.13. The maximum atomic E-state index is 13.2. The number of hydrogen-bond acceptors (Lipinski definition) is 6. The Bertz CT molecular complexity index is 1160. The number of halogens is 2. The molecular formula is C21H19F2N5O2S. The highest BCUT2D eigenvalue weighted by molar-refractivity contribution is 7.98. The Labute approximate surface area is 181 Å². The highest BCUT2D eigenvalue weighted by Crippen LogP contribution is 2.34. The van der Waals surface area contributed by atoms with E-state index in [1.807, 2.05) is 53.1 Å². The van der Waals surface area contributed by atoms with Gasteiger partial charge in [-0.25, -0.2) is 4.98 Å². The van der Waals surface area contributed by atoms with E-state index in [4.69, 9.17) is 9.47 Å². The lowest BCUT2D eigenvalue weighted by molar-refractivity contribution is 0.0678. The van der Waals surface area contributed by atoms with Gasteiger partial charge in [0.2, 0.25) is 0 Å². The van der Waals surface area contributed by atoms with Crippen molar-refractivity contribution in [2.45, 2.75) is 17.5 Å². The Hall–Kier alpha value is -3.40. The molecule has 2 heterocycles. The van der Waals surface area contributed by atoms with Crippen molar-refractivity contribution >= 4 is 11.8 Å². The SMILES string of the molecule is COc1ccc(-n2c(SCc3nccn3C(F)F)nnc2-c2ccccc2OC)cc1. The van der Waals surface area contributed by atoms with E-state index in [0.717, 1.165) is 15.8 Å². The van der Waals surface area contributed by atoms with E-state index >= 15 is 0 Å². The average molecular weight is 443 g/mol. The smallest absolute Gasteiger partial charge is 0.319 e. The zero-order valence-corrected chi connectivity index (χ0v) is 17.6. The van der Waals surface area contributed by atoms with Gasteiger partial charge in [-0.3, -0.25) is 9.13 Å². The van der Waals surface area contributed by atoms with Gasteiger partial charge >= 0.3 is 6.55 Å². The van der Waals surface area contributed by atoms with E-state index in [-0.39, 0.29) is 11.6 Å². The van der Waals surface area contributed by atoms with Crippen LogP contribution in [0.4, 0.5) is 8.78 Å². The zero-order chi connectivity index (χ0) is 21.8. The number of benzene rings is 2. The summed E-state index contributed by atoms with van der Waals surface area (Å²) in [5.74, 6) is 2.39. The van der Waals surface area contributed by atoms with Crippen LogP contribution in [0.25, 0.3) is 17.1 Å². The first-order chi connectivity index (χ1) is 15.1. The molecule has 7 nitrogen and oxygen atoms in total. The number of alkyl halides is 2. The van der Waals surface area contributed by atoms with Gasteiger partial charge in [-0.05, 0) is 36.4 Å². The van der Waals surface area contributed by atoms with Crippen LogP contribution in [0.5, 0.6) is 11.5 Å². The van der Waals surface area contributed by atoms with Gasteiger partial charge in [0.25, 0.3) is 0 Å². The van der Waals surface area contributed by atoms with Crippen molar-refractivity contribution in [2.75, 3.05) is 14.2 Å². The van der Waals surface area contributed by atoms with Gasteiger partial charge in [0.15, 0.2) is 11.0 Å². The number of imidazole rings is 1. The predicted molar refractivity (Wildman–Crippen MR) is 113 cm³/mol. The van der Waals surface area contributed by atoms with Crippen LogP contribution in [0.15, 0.2) is 66.1 Å². The Morgan fingerprint density at radius 3 is 2.48 bits per heavy atom. The van der Waals surface area contributed by atoms with Crippen molar-refractivity contribution in [3.05, 3.63) is 66.7 Å². The summed E-state index contributed by atoms with van der Waals surface area (Å²) in [6.07, 6.45) is 2.62. The number of ether oxygens (including phenoxy) is 2. The standard InChI is InChI=1S/C21H19F2N5O2S/c1-29-15-9-7-14(8-10-15)28-19(16-5-3-4-6-17(16)30-2)25-26-21(28)31-13-18-24-11-12-27(18)20(22)23/h3-12,20H,13H2,1-2H3. The van der Waals surface area contributed by atoms with E-state index in [0.29, 0.717) is 22.5 Å². The number of rotatable bonds is 8. The molecule has 2 aromatic heterocycles. The molecule has 0 bridgehead atoms. The third-order valence-corrected chi connectivity index (χ3v) is 5.53. The first kappa shape index (κ1) is 20.9. The minimum absolute atomic E-state index is 0.206. The molecule has 0 aliphatic heterocycles. The van der Waals surface area contributed by atoms with Gasteiger partial charge in [0, 0.05) is 12.4 Å².